The molecule has 2 fully saturated rings. The minimum atomic E-state index is 0.195. The van der Waals surface area contributed by atoms with Gasteiger partial charge < -0.3 is 14.2 Å². The molecule has 2 saturated heterocycles. The van der Waals surface area contributed by atoms with Crippen LogP contribution in [0, 0.1) is 5.92 Å². The molecule has 0 spiro atoms. The van der Waals surface area contributed by atoms with E-state index >= 15 is 0 Å². The third-order valence-electron chi connectivity index (χ3n) is 6.46. The maximum absolute atomic E-state index is 13.0. The van der Waals surface area contributed by atoms with Gasteiger partial charge in [-0.05, 0) is 64.0 Å². The molecule has 30 heavy (non-hydrogen) atoms. The largest absolute Gasteiger partial charge is 0.467 e. The Hall–Kier alpha value is -1.96. The molecule has 4 rings (SSSR count). The van der Waals surface area contributed by atoms with Gasteiger partial charge in [0.15, 0.2) is 5.16 Å². The number of nitrogens with zero attached hydrogens (tertiary/aromatic N) is 5. The maximum atomic E-state index is 13.0. The van der Waals surface area contributed by atoms with Crippen molar-refractivity contribution in [1.82, 2.24) is 19.7 Å². The topological polar surface area (TPSA) is 67.4 Å². The van der Waals surface area contributed by atoms with Gasteiger partial charge in [0.25, 0.3) is 0 Å². The quantitative estimate of drug-likeness (QED) is 0.643. The molecule has 2 aliphatic rings. The van der Waals surface area contributed by atoms with E-state index in [1.165, 1.54) is 31.0 Å². The molecule has 0 bridgehead atoms. The predicted octanol–water partition coefficient (Wildman–Crippen LogP) is 4.04. The van der Waals surface area contributed by atoms with Crippen molar-refractivity contribution >= 4 is 23.6 Å². The second-order valence-electron chi connectivity index (χ2n) is 8.84. The Bertz CT molecular complexity index is 819. The van der Waals surface area contributed by atoms with Crippen LogP contribution in [0.4, 0.5) is 5.95 Å². The molecular weight excluding hydrogens is 398 g/mol. The molecule has 1 amide bonds. The number of furan rings is 1. The molecule has 2 unspecified atom stereocenters. The van der Waals surface area contributed by atoms with Crippen molar-refractivity contribution in [3.05, 3.63) is 24.2 Å². The van der Waals surface area contributed by atoms with Gasteiger partial charge in [-0.2, -0.15) is 0 Å². The molecule has 0 radical (unpaired) electrons. The Kier molecular flexibility index (Phi) is 6.71. The normalized spacial score (nSPS) is 23.2. The van der Waals surface area contributed by atoms with Crippen molar-refractivity contribution < 1.29 is 9.21 Å². The summed E-state index contributed by atoms with van der Waals surface area (Å²) in [4.78, 5) is 17.4. The summed E-state index contributed by atoms with van der Waals surface area (Å²) in [7, 11) is 0. The van der Waals surface area contributed by atoms with Crippen molar-refractivity contribution in [2.24, 2.45) is 5.92 Å². The van der Waals surface area contributed by atoms with Crippen LogP contribution in [-0.2, 0) is 11.3 Å². The van der Waals surface area contributed by atoms with Crippen LogP contribution >= 0.6 is 11.8 Å². The first-order valence-corrected chi connectivity index (χ1v) is 12.2. The highest BCUT2D eigenvalue weighted by Gasteiger charge is 2.30. The van der Waals surface area contributed by atoms with Gasteiger partial charge in [0.2, 0.25) is 11.9 Å². The van der Waals surface area contributed by atoms with Crippen molar-refractivity contribution in [1.29, 1.82) is 0 Å². The smallest absolute Gasteiger partial charge is 0.233 e. The fourth-order valence-corrected chi connectivity index (χ4v) is 5.44. The molecule has 2 atom stereocenters. The van der Waals surface area contributed by atoms with Gasteiger partial charge in [0, 0.05) is 25.2 Å². The summed E-state index contributed by atoms with van der Waals surface area (Å²) in [6.45, 7) is 9.18. The molecule has 2 aromatic heterocycles. The molecule has 0 aliphatic carbocycles. The first kappa shape index (κ1) is 21.3. The number of rotatable bonds is 6. The second-order valence-corrected chi connectivity index (χ2v) is 9.78. The van der Waals surface area contributed by atoms with Gasteiger partial charge in [0.05, 0.1) is 18.6 Å². The number of hydrogen-bond donors (Lipinski definition) is 0. The highest BCUT2D eigenvalue weighted by atomic mass is 32.2. The Morgan fingerprint density at radius 1 is 1.13 bits per heavy atom. The van der Waals surface area contributed by atoms with Gasteiger partial charge in [-0.25, -0.2) is 0 Å². The number of hydrogen-bond acceptors (Lipinski definition) is 6. The average molecular weight is 432 g/mol. The Morgan fingerprint density at radius 2 is 1.87 bits per heavy atom. The molecule has 0 aromatic carbocycles. The average Bonchev–Trinajstić information content (AvgIpc) is 3.37. The Morgan fingerprint density at radius 3 is 2.53 bits per heavy atom. The summed E-state index contributed by atoms with van der Waals surface area (Å²) in [6.07, 6.45) is 7.41. The fourth-order valence-electron chi connectivity index (χ4n) is 4.64. The number of piperidine rings is 2. The first-order chi connectivity index (χ1) is 14.5. The maximum Gasteiger partial charge on any atom is 0.233 e. The lowest BCUT2D eigenvalue weighted by molar-refractivity contribution is -0.134. The van der Waals surface area contributed by atoms with Gasteiger partial charge in [-0.1, -0.05) is 18.7 Å². The van der Waals surface area contributed by atoms with Crippen LogP contribution in [0.5, 0.6) is 0 Å². The molecule has 8 heteroatoms. The molecule has 0 N–H and O–H groups in total. The molecule has 2 aliphatic heterocycles. The van der Waals surface area contributed by atoms with Crippen LogP contribution in [0.1, 0.15) is 58.6 Å². The van der Waals surface area contributed by atoms with Crippen LogP contribution in [-0.4, -0.2) is 56.5 Å². The van der Waals surface area contributed by atoms with Crippen LogP contribution in [0.3, 0.4) is 0 Å². The molecule has 164 valence electrons. The third kappa shape index (κ3) is 4.68. The van der Waals surface area contributed by atoms with E-state index in [1.54, 1.807) is 6.26 Å². The second kappa shape index (κ2) is 9.45. The SMILES string of the molecule is CC1CCN(c2nnc(SCC(=O)N3C(C)CCCC3C)n2Cc2ccco2)CC1. The highest BCUT2D eigenvalue weighted by molar-refractivity contribution is 7.99. The molecule has 2 aromatic rings. The summed E-state index contributed by atoms with van der Waals surface area (Å²) >= 11 is 1.49. The lowest BCUT2D eigenvalue weighted by Gasteiger charge is -2.39. The predicted molar refractivity (Wildman–Crippen MR) is 119 cm³/mol. The number of aromatic nitrogens is 3. The third-order valence-corrected chi connectivity index (χ3v) is 7.42. The van der Waals surface area contributed by atoms with E-state index < -0.39 is 0 Å². The van der Waals surface area contributed by atoms with Crippen molar-refractivity contribution in [3.8, 4) is 0 Å². The molecular formula is C22H33N5O2S. The van der Waals surface area contributed by atoms with Gasteiger partial charge in [-0.3, -0.25) is 9.36 Å². The minimum absolute atomic E-state index is 0.195. The number of carbonyl (C=O) groups excluding carboxylic acids is 1. The standard InChI is InChI=1S/C22H33N5O2S/c1-16-9-11-25(12-10-16)21-23-24-22(26(21)14-19-8-5-13-29-19)30-15-20(28)27-17(2)6-4-7-18(27)3/h5,8,13,16-18H,4,6-7,9-12,14-15H2,1-3H3. The van der Waals surface area contributed by atoms with Crippen molar-refractivity contribution in [3.63, 3.8) is 0 Å². The van der Waals surface area contributed by atoms with E-state index in [2.05, 4.69) is 45.3 Å². The van der Waals surface area contributed by atoms with Crippen LogP contribution in [0.15, 0.2) is 28.0 Å². The minimum Gasteiger partial charge on any atom is -0.467 e. The molecule has 7 nitrogen and oxygen atoms in total. The Labute approximate surface area is 183 Å². The Balaban J connectivity index is 1.50. The number of amides is 1. The van der Waals surface area contributed by atoms with Crippen LogP contribution in [0.2, 0.25) is 0 Å². The van der Waals surface area contributed by atoms with Crippen molar-refractivity contribution in [2.75, 3.05) is 23.7 Å². The first-order valence-electron chi connectivity index (χ1n) is 11.2. The number of anilines is 1. The zero-order valence-electron chi connectivity index (χ0n) is 18.3. The van der Waals surface area contributed by atoms with Gasteiger partial charge >= 0.3 is 0 Å². The summed E-state index contributed by atoms with van der Waals surface area (Å²) in [5, 5.41) is 9.77. The zero-order chi connectivity index (χ0) is 21.1. The highest BCUT2D eigenvalue weighted by Crippen LogP contribution is 2.29. The van der Waals surface area contributed by atoms with Crippen LogP contribution in [0.25, 0.3) is 0 Å². The lowest BCUT2D eigenvalue weighted by atomic mass is 9.98. The molecule has 4 heterocycles. The number of carbonyl (C=O) groups is 1. The van der Waals surface area contributed by atoms with E-state index in [0.29, 0.717) is 24.4 Å². The number of thioether (sulfide) groups is 1. The zero-order valence-corrected chi connectivity index (χ0v) is 19.1. The van der Waals surface area contributed by atoms with Crippen LogP contribution < -0.4 is 4.90 Å². The van der Waals surface area contributed by atoms with E-state index in [1.807, 2.05) is 12.1 Å². The fraction of sp³-hybridized carbons (Fsp3) is 0.682. The van der Waals surface area contributed by atoms with E-state index in [0.717, 1.165) is 48.7 Å². The summed E-state index contributed by atoms with van der Waals surface area (Å²) in [6, 6.07) is 4.50. The number of likely N-dealkylation sites (tertiary alicyclic amines) is 1. The monoisotopic (exact) mass is 431 g/mol. The molecule has 0 saturated carbocycles. The van der Waals surface area contributed by atoms with E-state index in [9.17, 15) is 4.79 Å². The lowest BCUT2D eigenvalue weighted by Crippen LogP contribution is -2.48. The summed E-state index contributed by atoms with van der Waals surface area (Å²) in [5.41, 5.74) is 0. The summed E-state index contributed by atoms with van der Waals surface area (Å²) in [5.74, 6) is 3.09. The summed E-state index contributed by atoms with van der Waals surface area (Å²) < 4.78 is 7.70. The van der Waals surface area contributed by atoms with Crippen molar-refractivity contribution in [2.45, 2.75) is 76.7 Å². The van der Waals surface area contributed by atoms with E-state index in [4.69, 9.17) is 4.42 Å². The van der Waals surface area contributed by atoms with Gasteiger partial charge in [0.1, 0.15) is 5.76 Å². The van der Waals surface area contributed by atoms with Gasteiger partial charge in [-0.15, -0.1) is 10.2 Å². The van der Waals surface area contributed by atoms with E-state index in [-0.39, 0.29) is 5.91 Å².